The number of carbonyl (C=O) groups is 1. The molecule has 2 aromatic carbocycles. The zero-order valence-corrected chi connectivity index (χ0v) is 11.8. The Balaban J connectivity index is 2.24. The van der Waals surface area contributed by atoms with Crippen molar-refractivity contribution in [3.05, 3.63) is 64.2 Å². The Labute approximate surface area is 127 Å². The Bertz CT molecular complexity index is 803. The monoisotopic (exact) mass is 294 g/mol. The zero-order valence-electron chi connectivity index (χ0n) is 11.1. The van der Waals surface area contributed by atoms with E-state index in [1.807, 2.05) is 24.3 Å². The zero-order chi connectivity index (χ0) is 14.8. The number of anilines is 1. The summed E-state index contributed by atoms with van der Waals surface area (Å²) in [5.74, 6) is 2.43. The van der Waals surface area contributed by atoms with Crippen molar-refractivity contribution in [3.8, 4) is 12.3 Å². The van der Waals surface area contributed by atoms with Crippen molar-refractivity contribution in [2.45, 2.75) is 0 Å². The lowest BCUT2D eigenvalue weighted by Crippen LogP contribution is -2.13. The summed E-state index contributed by atoms with van der Waals surface area (Å²) >= 11 is 6.26. The molecule has 0 radical (unpaired) electrons. The molecule has 3 rings (SSSR count). The number of amides is 1. The number of fused-ring (bicyclic) bond motifs is 1. The van der Waals surface area contributed by atoms with Gasteiger partial charge in [0.05, 0.1) is 11.4 Å². The van der Waals surface area contributed by atoms with E-state index in [4.69, 9.17) is 18.0 Å². The first kappa shape index (κ1) is 13.4. The first-order valence-electron chi connectivity index (χ1n) is 6.39. The van der Waals surface area contributed by atoms with Crippen LogP contribution in [0, 0.1) is 12.3 Å². The van der Waals surface area contributed by atoms with Crippen LogP contribution in [0.4, 0.5) is 5.69 Å². The fourth-order valence-corrected chi connectivity index (χ4v) is 2.47. The van der Waals surface area contributed by atoms with Gasteiger partial charge < -0.3 is 5.32 Å². The molecule has 4 heteroatoms. The van der Waals surface area contributed by atoms with Gasteiger partial charge in [-0.05, 0) is 24.3 Å². The average Bonchev–Trinajstić information content (AvgIpc) is 2.65. The van der Waals surface area contributed by atoms with Crippen LogP contribution in [0.1, 0.15) is 16.7 Å². The smallest absolute Gasteiger partial charge is 0.246 e. The van der Waals surface area contributed by atoms with Gasteiger partial charge in [0.25, 0.3) is 0 Å². The number of benzene rings is 2. The molecule has 0 saturated heterocycles. The Kier molecular flexibility index (Phi) is 3.47. The minimum absolute atomic E-state index is 0.0562. The number of halogens is 1. The van der Waals surface area contributed by atoms with Gasteiger partial charge in [-0.3, -0.25) is 9.79 Å². The molecule has 21 heavy (non-hydrogen) atoms. The number of carbonyl (C=O) groups excluding carboxylic acids is 1. The van der Waals surface area contributed by atoms with Gasteiger partial charge in [0.2, 0.25) is 5.91 Å². The number of benzodiazepines with no additional fused rings is 1. The van der Waals surface area contributed by atoms with Gasteiger partial charge in [-0.1, -0.05) is 35.7 Å². The lowest BCUT2D eigenvalue weighted by Gasteiger charge is -2.11. The van der Waals surface area contributed by atoms with E-state index in [-0.39, 0.29) is 12.5 Å². The average molecular weight is 295 g/mol. The highest BCUT2D eigenvalue weighted by atomic mass is 35.5. The highest BCUT2D eigenvalue weighted by Crippen LogP contribution is 2.27. The third-order valence-electron chi connectivity index (χ3n) is 3.23. The van der Waals surface area contributed by atoms with Crippen LogP contribution >= 0.6 is 11.6 Å². The number of nitrogens with zero attached hydrogens (tertiary/aromatic N) is 1. The number of rotatable bonds is 1. The molecule has 0 spiro atoms. The van der Waals surface area contributed by atoms with Gasteiger partial charge in [0.15, 0.2) is 0 Å². The molecule has 1 amide bonds. The number of hydrogen-bond donors (Lipinski definition) is 1. The highest BCUT2D eigenvalue weighted by molar-refractivity contribution is 6.36. The van der Waals surface area contributed by atoms with Crippen molar-refractivity contribution in [3.63, 3.8) is 0 Å². The summed E-state index contributed by atoms with van der Waals surface area (Å²) in [6, 6.07) is 12.8. The van der Waals surface area contributed by atoms with Crippen molar-refractivity contribution in [2.24, 2.45) is 4.99 Å². The molecule has 0 aromatic heterocycles. The third-order valence-corrected chi connectivity index (χ3v) is 3.55. The molecule has 102 valence electrons. The first-order valence-corrected chi connectivity index (χ1v) is 6.77. The Hall–Kier alpha value is -2.57. The van der Waals surface area contributed by atoms with Gasteiger partial charge in [0.1, 0.15) is 6.54 Å². The molecule has 0 unspecified atom stereocenters. The van der Waals surface area contributed by atoms with E-state index in [1.165, 1.54) is 0 Å². The predicted molar refractivity (Wildman–Crippen MR) is 85.0 cm³/mol. The van der Waals surface area contributed by atoms with Crippen LogP contribution in [-0.2, 0) is 4.79 Å². The van der Waals surface area contributed by atoms with Crippen LogP contribution < -0.4 is 5.32 Å². The fourth-order valence-electron chi connectivity index (χ4n) is 2.25. The molecule has 1 heterocycles. The van der Waals surface area contributed by atoms with Crippen LogP contribution in [0.3, 0.4) is 0 Å². The second-order valence-corrected chi connectivity index (χ2v) is 5.00. The summed E-state index contributed by atoms with van der Waals surface area (Å²) < 4.78 is 0. The van der Waals surface area contributed by atoms with E-state index in [0.29, 0.717) is 16.4 Å². The van der Waals surface area contributed by atoms with Crippen molar-refractivity contribution in [1.82, 2.24) is 0 Å². The maximum atomic E-state index is 11.8. The van der Waals surface area contributed by atoms with Crippen molar-refractivity contribution >= 4 is 28.9 Å². The summed E-state index contributed by atoms with van der Waals surface area (Å²) in [6.45, 7) is 0.0562. The number of aliphatic imine (C=N–C) groups is 1. The summed E-state index contributed by atoms with van der Waals surface area (Å²) in [5, 5.41) is 3.41. The third kappa shape index (κ3) is 2.54. The summed E-state index contributed by atoms with van der Waals surface area (Å²) in [6.07, 6.45) is 5.46. The standard InChI is InChI=1S/C17H11ClN2O/c1-2-11-7-8-15-13(9-11)17(19-10-16(21)20-15)12-5-3-4-6-14(12)18/h1,3-9H,10H2,(H,20,21). The van der Waals surface area contributed by atoms with E-state index in [1.54, 1.807) is 18.2 Å². The van der Waals surface area contributed by atoms with Gasteiger partial charge in [-0.25, -0.2) is 0 Å². The molecule has 0 fully saturated rings. The lowest BCUT2D eigenvalue weighted by molar-refractivity contribution is -0.114. The van der Waals surface area contributed by atoms with Crippen molar-refractivity contribution < 1.29 is 4.79 Å². The molecule has 0 aliphatic carbocycles. The maximum Gasteiger partial charge on any atom is 0.246 e. The van der Waals surface area contributed by atoms with Gasteiger partial charge in [-0.15, -0.1) is 6.42 Å². The van der Waals surface area contributed by atoms with E-state index in [9.17, 15) is 4.79 Å². The lowest BCUT2D eigenvalue weighted by atomic mass is 9.98. The molecule has 0 bridgehead atoms. The molecule has 2 aromatic rings. The van der Waals surface area contributed by atoms with E-state index >= 15 is 0 Å². The van der Waals surface area contributed by atoms with Crippen LogP contribution in [0.25, 0.3) is 0 Å². The van der Waals surface area contributed by atoms with Crippen LogP contribution in [0.15, 0.2) is 47.5 Å². The van der Waals surface area contributed by atoms with E-state index in [0.717, 1.165) is 16.7 Å². The van der Waals surface area contributed by atoms with Crippen LogP contribution in [0.5, 0.6) is 0 Å². The fraction of sp³-hybridized carbons (Fsp3) is 0.0588. The predicted octanol–water partition coefficient (Wildman–Crippen LogP) is 3.11. The quantitative estimate of drug-likeness (QED) is 0.807. The second-order valence-electron chi connectivity index (χ2n) is 4.60. The molecule has 3 nitrogen and oxygen atoms in total. The van der Waals surface area contributed by atoms with Crippen LogP contribution in [-0.4, -0.2) is 18.2 Å². The molecular formula is C17H11ClN2O. The SMILES string of the molecule is C#Cc1ccc2c(c1)C(c1ccccc1Cl)=NCC(=O)N2. The summed E-state index contributed by atoms with van der Waals surface area (Å²) in [4.78, 5) is 16.2. The number of nitrogens with one attached hydrogen (secondary N) is 1. The molecule has 0 atom stereocenters. The highest BCUT2D eigenvalue weighted by Gasteiger charge is 2.19. The minimum atomic E-state index is -0.160. The topological polar surface area (TPSA) is 41.5 Å². The summed E-state index contributed by atoms with van der Waals surface area (Å²) in [5.41, 5.74) is 3.65. The number of hydrogen-bond acceptors (Lipinski definition) is 2. The largest absolute Gasteiger partial charge is 0.324 e. The van der Waals surface area contributed by atoms with Gasteiger partial charge >= 0.3 is 0 Å². The Morgan fingerprint density at radius 1 is 1.19 bits per heavy atom. The van der Waals surface area contributed by atoms with Gasteiger partial charge in [-0.2, -0.15) is 0 Å². The first-order chi connectivity index (χ1) is 10.2. The number of terminal acetylenes is 1. The Morgan fingerprint density at radius 3 is 2.76 bits per heavy atom. The van der Waals surface area contributed by atoms with E-state index in [2.05, 4.69) is 16.2 Å². The van der Waals surface area contributed by atoms with Crippen molar-refractivity contribution in [1.29, 1.82) is 0 Å². The Morgan fingerprint density at radius 2 is 2.00 bits per heavy atom. The minimum Gasteiger partial charge on any atom is -0.324 e. The van der Waals surface area contributed by atoms with Crippen LogP contribution in [0.2, 0.25) is 5.02 Å². The van der Waals surface area contributed by atoms with Crippen molar-refractivity contribution in [2.75, 3.05) is 11.9 Å². The summed E-state index contributed by atoms with van der Waals surface area (Å²) in [7, 11) is 0. The molecule has 0 saturated carbocycles. The maximum absolute atomic E-state index is 11.8. The van der Waals surface area contributed by atoms with E-state index < -0.39 is 0 Å². The normalized spacial score (nSPS) is 13.5. The molecular weight excluding hydrogens is 284 g/mol. The second kappa shape index (κ2) is 5.43. The van der Waals surface area contributed by atoms with Gasteiger partial charge in [0, 0.05) is 21.7 Å². The molecule has 1 aliphatic heterocycles. The molecule has 1 N–H and O–H groups in total. The molecule has 1 aliphatic rings.